The molecule has 0 spiro atoms. The van der Waals surface area contributed by atoms with Crippen LogP contribution in [0, 0.1) is 5.92 Å². The number of hydrogen-bond donors (Lipinski definition) is 1. The maximum Gasteiger partial charge on any atom is 0.326 e. The van der Waals surface area contributed by atoms with Crippen LogP contribution in [0.4, 0.5) is 4.79 Å². The highest BCUT2D eigenvalue weighted by molar-refractivity contribution is 5.83. The van der Waals surface area contributed by atoms with E-state index in [-0.39, 0.29) is 11.9 Å². The van der Waals surface area contributed by atoms with Gasteiger partial charge >= 0.3 is 12.0 Å². The first kappa shape index (κ1) is 17.7. The zero-order chi connectivity index (χ0) is 15.8. The predicted octanol–water partition coefficient (Wildman–Crippen LogP) is 0.886. The molecule has 1 fully saturated rings. The second-order valence-corrected chi connectivity index (χ2v) is 5.35. The smallest absolute Gasteiger partial charge is 0.326 e. The van der Waals surface area contributed by atoms with Gasteiger partial charge in [-0.15, -0.1) is 0 Å². The molecular formula is C14H26N2O5. The van der Waals surface area contributed by atoms with Crippen molar-refractivity contribution in [2.75, 3.05) is 47.1 Å². The Balaban J connectivity index is 2.70. The van der Waals surface area contributed by atoms with E-state index in [9.17, 15) is 14.7 Å². The number of aliphatic carboxylic acids is 1. The number of carbonyl (C=O) groups excluding carboxylic acids is 1. The summed E-state index contributed by atoms with van der Waals surface area (Å²) in [6, 6.07) is -0.954. The van der Waals surface area contributed by atoms with E-state index in [0.717, 1.165) is 6.42 Å². The SMILES string of the molecule is COCCCN(CCOC)C(=O)N1CCC(C)C1C(=O)O. The van der Waals surface area contributed by atoms with Gasteiger partial charge in [0.2, 0.25) is 0 Å². The molecule has 0 bridgehead atoms. The normalized spacial score (nSPS) is 21.6. The zero-order valence-electron chi connectivity index (χ0n) is 13.1. The fourth-order valence-electron chi connectivity index (χ4n) is 2.62. The van der Waals surface area contributed by atoms with Gasteiger partial charge in [0.1, 0.15) is 6.04 Å². The van der Waals surface area contributed by atoms with Gasteiger partial charge in [0.05, 0.1) is 6.61 Å². The minimum atomic E-state index is -0.933. The average Bonchev–Trinajstić information content (AvgIpc) is 2.84. The molecule has 0 aromatic carbocycles. The van der Waals surface area contributed by atoms with E-state index in [4.69, 9.17) is 9.47 Å². The summed E-state index contributed by atoms with van der Waals surface area (Å²) in [6.07, 6.45) is 1.44. The Morgan fingerprint density at radius 1 is 1.24 bits per heavy atom. The first-order valence-electron chi connectivity index (χ1n) is 7.29. The molecule has 1 N–H and O–H groups in total. The molecule has 7 nitrogen and oxygen atoms in total. The molecule has 1 rings (SSSR count). The minimum Gasteiger partial charge on any atom is -0.480 e. The lowest BCUT2D eigenvalue weighted by Crippen LogP contribution is -2.50. The summed E-state index contributed by atoms with van der Waals surface area (Å²) in [5.41, 5.74) is 0. The third-order valence-corrected chi connectivity index (χ3v) is 3.81. The number of amides is 2. The lowest BCUT2D eigenvalue weighted by Gasteiger charge is -2.31. The zero-order valence-corrected chi connectivity index (χ0v) is 13.1. The number of carboxylic acid groups (broad SMARTS) is 1. The number of carboxylic acids is 1. The van der Waals surface area contributed by atoms with Gasteiger partial charge in [0.25, 0.3) is 0 Å². The van der Waals surface area contributed by atoms with Gasteiger partial charge in [-0.2, -0.15) is 0 Å². The van der Waals surface area contributed by atoms with Gasteiger partial charge in [0, 0.05) is 40.5 Å². The third-order valence-electron chi connectivity index (χ3n) is 3.81. The van der Waals surface area contributed by atoms with Gasteiger partial charge in [0.15, 0.2) is 0 Å². The molecule has 1 aliphatic rings. The number of hydrogen-bond acceptors (Lipinski definition) is 4. The van der Waals surface area contributed by atoms with Crippen molar-refractivity contribution in [2.45, 2.75) is 25.8 Å². The molecule has 0 aromatic rings. The van der Waals surface area contributed by atoms with Crippen molar-refractivity contribution in [3.05, 3.63) is 0 Å². The summed E-state index contributed by atoms with van der Waals surface area (Å²) in [5, 5.41) is 9.32. The van der Waals surface area contributed by atoms with Crippen LogP contribution < -0.4 is 0 Å². The van der Waals surface area contributed by atoms with Crippen molar-refractivity contribution >= 4 is 12.0 Å². The highest BCUT2D eigenvalue weighted by Gasteiger charge is 2.40. The summed E-state index contributed by atoms with van der Waals surface area (Å²) in [4.78, 5) is 27.1. The van der Waals surface area contributed by atoms with E-state index in [1.54, 1.807) is 19.1 Å². The van der Waals surface area contributed by atoms with Crippen LogP contribution in [0.25, 0.3) is 0 Å². The van der Waals surface area contributed by atoms with Crippen LogP contribution in [0.2, 0.25) is 0 Å². The second-order valence-electron chi connectivity index (χ2n) is 5.35. The van der Waals surface area contributed by atoms with Crippen molar-refractivity contribution in [2.24, 2.45) is 5.92 Å². The van der Waals surface area contributed by atoms with Crippen LogP contribution in [0.3, 0.4) is 0 Å². The molecule has 2 unspecified atom stereocenters. The van der Waals surface area contributed by atoms with E-state index in [1.807, 2.05) is 6.92 Å². The van der Waals surface area contributed by atoms with Crippen LogP contribution >= 0.6 is 0 Å². The van der Waals surface area contributed by atoms with Crippen molar-refractivity contribution in [3.8, 4) is 0 Å². The standard InChI is InChI=1S/C14H26N2O5/c1-11-5-7-16(12(11)13(17)18)14(19)15(8-10-21-3)6-4-9-20-2/h11-12H,4-10H2,1-3H3,(H,17,18). The quantitative estimate of drug-likeness (QED) is 0.674. The number of ether oxygens (including phenoxy) is 2. The van der Waals surface area contributed by atoms with Crippen molar-refractivity contribution < 1.29 is 24.2 Å². The molecule has 0 saturated carbocycles. The van der Waals surface area contributed by atoms with Gasteiger partial charge in [-0.05, 0) is 18.8 Å². The van der Waals surface area contributed by atoms with Gasteiger partial charge < -0.3 is 24.4 Å². The first-order valence-corrected chi connectivity index (χ1v) is 7.29. The maximum absolute atomic E-state index is 12.6. The van der Waals surface area contributed by atoms with Gasteiger partial charge in [-0.3, -0.25) is 0 Å². The number of carbonyl (C=O) groups is 2. The number of nitrogens with zero attached hydrogens (tertiary/aromatic N) is 2. The van der Waals surface area contributed by atoms with E-state index in [0.29, 0.717) is 39.3 Å². The van der Waals surface area contributed by atoms with E-state index in [2.05, 4.69) is 0 Å². The van der Waals surface area contributed by atoms with Gasteiger partial charge in [-0.25, -0.2) is 9.59 Å². The Kier molecular flexibility index (Phi) is 7.45. The van der Waals surface area contributed by atoms with Crippen LogP contribution in [-0.4, -0.2) is 80.0 Å². The van der Waals surface area contributed by atoms with E-state index < -0.39 is 12.0 Å². The van der Waals surface area contributed by atoms with Crippen LogP contribution in [0.15, 0.2) is 0 Å². The molecule has 0 aliphatic carbocycles. The molecule has 1 saturated heterocycles. The monoisotopic (exact) mass is 302 g/mol. The second kappa shape index (κ2) is 8.84. The van der Waals surface area contributed by atoms with Crippen molar-refractivity contribution in [3.63, 3.8) is 0 Å². The van der Waals surface area contributed by atoms with Gasteiger partial charge in [-0.1, -0.05) is 6.92 Å². The van der Waals surface area contributed by atoms with Crippen molar-refractivity contribution in [1.29, 1.82) is 0 Å². The predicted molar refractivity (Wildman–Crippen MR) is 77.2 cm³/mol. The summed E-state index contributed by atoms with van der Waals surface area (Å²) in [5.74, 6) is -0.952. The fourth-order valence-corrected chi connectivity index (χ4v) is 2.62. The van der Waals surface area contributed by atoms with E-state index >= 15 is 0 Å². The highest BCUT2D eigenvalue weighted by atomic mass is 16.5. The molecule has 2 amide bonds. The molecule has 0 radical (unpaired) electrons. The maximum atomic E-state index is 12.6. The lowest BCUT2D eigenvalue weighted by molar-refractivity contribution is -0.142. The largest absolute Gasteiger partial charge is 0.480 e. The molecule has 122 valence electrons. The number of likely N-dealkylation sites (tertiary alicyclic amines) is 1. The topological polar surface area (TPSA) is 79.3 Å². The molecule has 7 heteroatoms. The summed E-state index contributed by atoms with van der Waals surface area (Å²) < 4.78 is 10.0. The Hall–Kier alpha value is -1.34. The molecule has 21 heavy (non-hydrogen) atoms. The van der Waals surface area contributed by atoms with Crippen LogP contribution in [-0.2, 0) is 14.3 Å². The molecule has 0 aromatic heterocycles. The number of methoxy groups -OCH3 is 2. The Morgan fingerprint density at radius 3 is 2.48 bits per heavy atom. The first-order chi connectivity index (χ1) is 10.0. The Labute approximate surface area is 125 Å². The summed E-state index contributed by atoms with van der Waals surface area (Å²) >= 11 is 0. The van der Waals surface area contributed by atoms with Crippen molar-refractivity contribution in [1.82, 2.24) is 9.80 Å². The molecule has 1 aliphatic heterocycles. The van der Waals surface area contributed by atoms with Crippen LogP contribution in [0.1, 0.15) is 19.8 Å². The molecular weight excluding hydrogens is 276 g/mol. The number of rotatable bonds is 8. The molecule has 1 heterocycles. The minimum absolute atomic E-state index is 0.0188. The highest BCUT2D eigenvalue weighted by Crippen LogP contribution is 2.25. The number of urea groups is 1. The average molecular weight is 302 g/mol. The fraction of sp³-hybridized carbons (Fsp3) is 0.857. The van der Waals surface area contributed by atoms with Crippen LogP contribution in [0.5, 0.6) is 0 Å². The third kappa shape index (κ3) is 4.86. The Bertz CT molecular complexity index is 350. The summed E-state index contributed by atoms with van der Waals surface area (Å²) in [7, 11) is 3.19. The Morgan fingerprint density at radius 2 is 1.90 bits per heavy atom. The molecule has 2 atom stereocenters. The lowest BCUT2D eigenvalue weighted by atomic mass is 10.0. The van der Waals surface area contributed by atoms with E-state index in [1.165, 1.54) is 4.90 Å². The summed E-state index contributed by atoms with van der Waals surface area (Å²) in [6.45, 7) is 4.35.